The topological polar surface area (TPSA) is 395 Å². The summed E-state index contributed by atoms with van der Waals surface area (Å²) in [7, 11) is 6.19. The largest absolute Gasteiger partial charge is 0.497 e. The van der Waals surface area contributed by atoms with Gasteiger partial charge in [-0.1, -0.05) is 92.0 Å². The number of amides is 6. The van der Waals surface area contributed by atoms with Crippen LogP contribution in [0.4, 0.5) is 14.4 Å². The lowest BCUT2D eigenvalue weighted by molar-refractivity contribution is 0.101. The first-order valence-electron chi connectivity index (χ1n) is 43.4. The van der Waals surface area contributed by atoms with Crippen LogP contribution >= 0.6 is 0 Å². The number of fused-ring (bicyclic) bond motifs is 5. The summed E-state index contributed by atoms with van der Waals surface area (Å²) < 4.78 is 82.2. The van der Waals surface area contributed by atoms with Gasteiger partial charge in [0.2, 0.25) is 0 Å². The Morgan fingerprint density at radius 1 is 0.287 bits per heavy atom. The standard InChI is InChI=1S/C22H22N2O4.C21H20N2O6.2C20H18N2O5.C20H18N2O3/c1-3-26-17-7-4-15(5-8-17)21-18(13-23-14(2)24-21)22(25)16-6-9-19-20(12-16)28-11-10-27-19;1-26-15-5-3-12(9-17(15)27-2)19-14(11-22-21(25)23-19)20(24)13-4-6-16-18(10-13)29-8-7-28-16;1-25-14-4-2-3-12(9-14)18-15(11-21-20(24)22-18)19(23)13-5-6-16-17(10-13)27-8-7-26-16;1-25-15-5-3-2-4-13(15)18-14(11-21-20(24)22-18)19(23)12-6-7-16-17(10-12)27-9-8-26-16;1-13-21-12-16(19(22-13)14-5-3-2-4-6-14)20(23)15-7-8-17-18(11-15)25-10-9-24-17/h4-9,12-13,21,23-24H,2-3,10-11H2,1H3;3-6,9-11,19H,7-8H2,1-2H3,(H2,22,23,25);2-6,9-11,18H,7-8H2,1H3,(H2,21,22,24);2-7,10-11,18H,8-9H2,1H3,(H2,21,22,24);2-8,11-12,19,21-22H,1,9-10H2. The summed E-state index contributed by atoms with van der Waals surface area (Å²) in [5.74, 6) is 9.51. The van der Waals surface area contributed by atoms with Gasteiger partial charge in [-0.2, -0.15) is 0 Å². The lowest BCUT2D eigenvalue weighted by Crippen LogP contribution is -2.42. The molecule has 10 N–H and O–H groups in total. The van der Waals surface area contributed by atoms with Crippen molar-refractivity contribution in [2.24, 2.45) is 0 Å². The summed E-state index contributed by atoms with van der Waals surface area (Å²) in [6.45, 7) is 15.1. The molecule has 136 heavy (non-hydrogen) atoms. The van der Waals surface area contributed by atoms with Gasteiger partial charge in [0.05, 0.1) is 76.9 Å². The SMILES string of the molecule is C=C1NC=C(C(=O)c2ccc3c(c2)OCCO3)C(c2ccc(OCC)cc2)N1.C=C1NC=C(C(=O)c2ccc3c(c2)OCCO3)C(c2ccccc2)N1.COc1ccc(C2NC(=O)NC=C2C(=O)c2ccc3c(c2)OCCO3)cc1OC.COc1cccc(C2NC(=O)NC=C2C(=O)c2ccc3c(c2)OCCO3)c1.COc1ccccc1C1NC(=O)NC=C1C(=O)c1ccc2c(c1)OCCO2. The Morgan fingerprint density at radius 2 is 0.603 bits per heavy atom. The van der Waals surface area contributed by atoms with Crippen LogP contribution < -0.4 is 124 Å². The normalized spacial score (nSPS) is 18.0. The van der Waals surface area contributed by atoms with Crippen LogP contribution in [0, 0.1) is 0 Å². The van der Waals surface area contributed by atoms with Crippen molar-refractivity contribution in [3.63, 3.8) is 0 Å². The van der Waals surface area contributed by atoms with Crippen molar-refractivity contribution in [3.05, 3.63) is 352 Å². The summed E-state index contributed by atoms with van der Waals surface area (Å²) in [6.07, 6.45) is 7.74. The van der Waals surface area contributed by atoms with E-state index in [0.717, 1.165) is 22.4 Å². The fraction of sp³-hybridized carbons (Fsp3) is 0.204. The van der Waals surface area contributed by atoms with Crippen LogP contribution in [-0.4, -0.2) is 148 Å². The number of benzene rings is 10. The van der Waals surface area contributed by atoms with E-state index >= 15 is 0 Å². The van der Waals surface area contributed by atoms with Crippen molar-refractivity contribution in [3.8, 4) is 86.2 Å². The maximum atomic E-state index is 13.2. The van der Waals surface area contributed by atoms with E-state index in [9.17, 15) is 38.4 Å². The van der Waals surface area contributed by atoms with Crippen LogP contribution in [0.3, 0.4) is 0 Å². The molecule has 10 aliphatic rings. The third-order valence-corrected chi connectivity index (χ3v) is 22.5. The van der Waals surface area contributed by atoms with E-state index in [1.165, 1.54) is 25.7 Å². The molecule has 20 rings (SSSR count). The minimum atomic E-state index is -0.649. The zero-order chi connectivity index (χ0) is 94.7. The van der Waals surface area contributed by atoms with Crippen LogP contribution in [0.5, 0.6) is 86.2 Å². The lowest BCUT2D eigenvalue weighted by atomic mass is 9.91. The molecule has 0 radical (unpaired) electrons. The van der Waals surface area contributed by atoms with E-state index in [-0.39, 0.29) is 53.1 Å². The van der Waals surface area contributed by atoms with E-state index in [1.54, 1.807) is 161 Å². The third kappa shape index (κ3) is 21.3. The number of ketones is 5. The van der Waals surface area contributed by atoms with Gasteiger partial charge in [-0.05, 0) is 163 Å². The Labute approximate surface area is 781 Å². The number of hydrogen-bond donors (Lipinski definition) is 10. The molecule has 10 aliphatic heterocycles. The molecule has 0 aromatic heterocycles. The number of Topliss-reactive ketones (excluding diaryl/α,β-unsaturated/α-hetero) is 5. The van der Waals surface area contributed by atoms with Crippen molar-refractivity contribution >= 4 is 47.0 Å². The predicted octanol–water partition coefficient (Wildman–Crippen LogP) is 14.0. The Hall–Kier alpha value is -17.3. The minimum absolute atomic E-state index is 0.0710. The van der Waals surface area contributed by atoms with Gasteiger partial charge in [-0.25, -0.2) is 14.4 Å². The summed E-state index contributed by atoms with van der Waals surface area (Å²) >= 11 is 0. The first-order valence-corrected chi connectivity index (χ1v) is 43.4. The lowest BCUT2D eigenvalue weighted by Gasteiger charge is -2.28. The van der Waals surface area contributed by atoms with Crippen molar-refractivity contribution in [2.45, 2.75) is 37.1 Å². The fourth-order valence-corrected chi connectivity index (χ4v) is 15.9. The molecule has 33 nitrogen and oxygen atoms in total. The number of ether oxygens (including phenoxy) is 15. The van der Waals surface area contributed by atoms with Crippen LogP contribution in [-0.2, 0) is 0 Å². The molecule has 10 aromatic rings. The van der Waals surface area contributed by atoms with E-state index < -0.39 is 24.2 Å². The zero-order valence-electron chi connectivity index (χ0n) is 74.6. The van der Waals surface area contributed by atoms with Crippen LogP contribution in [0.1, 0.15) is 117 Å². The highest BCUT2D eigenvalue weighted by molar-refractivity contribution is 6.14. The van der Waals surface area contributed by atoms with Crippen LogP contribution in [0.25, 0.3) is 0 Å². The fourth-order valence-electron chi connectivity index (χ4n) is 15.9. The Balaban J connectivity index is 0.000000123. The molecule has 0 saturated carbocycles. The molecule has 0 bridgehead atoms. The number of urea groups is 3. The van der Waals surface area contributed by atoms with E-state index in [4.69, 9.17) is 71.1 Å². The number of hydrogen-bond acceptors (Lipinski definition) is 27. The van der Waals surface area contributed by atoms with Gasteiger partial charge < -0.3 is 124 Å². The maximum absolute atomic E-state index is 13.2. The van der Waals surface area contributed by atoms with E-state index in [0.29, 0.717) is 232 Å². The molecular formula is C103H96N10O23. The predicted molar refractivity (Wildman–Crippen MR) is 498 cm³/mol. The highest BCUT2D eigenvalue weighted by Crippen LogP contribution is 2.43. The first-order chi connectivity index (χ1) is 66.3. The van der Waals surface area contributed by atoms with Gasteiger partial charge in [0.15, 0.2) is 97.9 Å². The van der Waals surface area contributed by atoms with Gasteiger partial charge in [-0.3, -0.25) is 24.0 Å². The van der Waals surface area contributed by atoms with Crippen LogP contribution in [0.2, 0.25) is 0 Å². The number of carbonyl (C=O) groups is 8. The Kier molecular flexibility index (Phi) is 28.9. The second-order valence-electron chi connectivity index (χ2n) is 31.0. The second-order valence-corrected chi connectivity index (χ2v) is 31.0. The van der Waals surface area contributed by atoms with E-state index in [1.807, 2.05) is 91.9 Å². The number of methoxy groups -OCH3 is 4. The van der Waals surface area contributed by atoms with Gasteiger partial charge in [0, 0.05) is 92.2 Å². The van der Waals surface area contributed by atoms with Gasteiger partial charge in [0.1, 0.15) is 83.3 Å². The average Bonchev–Trinajstić information content (AvgIpc) is 0.827. The summed E-state index contributed by atoms with van der Waals surface area (Å²) in [5.41, 5.74) is 8.94. The maximum Gasteiger partial charge on any atom is 0.319 e. The highest BCUT2D eigenvalue weighted by atomic mass is 16.6. The molecule has 5 atom stereocenters. The molecule has 0 aliphatic carbocycles. The molecule has 10 heterocycles. The molecular weight excluding hydrogens is 1750 g/mol. The monoisotopic (exact) mass is 1840 g/mol. The molecule has 6 amide bonds. The van der Waals surface area contributed by atoms with Gasteiger partial charge in [-0.15, -0.1) is 0 Å². The molecule has 33 heteroatoms. The Morgan fingerprint density at radius 3 is 0.978 bits per heavy atom. The van der Waals surface area contributed by atoms with Gasteiger partial charge >= 0.3 is 18.1 Å². The number of nitrogens with one attached hydrogen (secondary N) is 10. The van der Waals surface area contributed by atoms with Crippen molar-refractivity contribution < 1.29 is 109 Å². The van der Waals surface area contributed by atoms with Crippen molar-refractivity contribution in [2.75, 3.05) is 101 Å². The molecule has 10 aromatic carbocycles. The molecule has 5 unspecified atom stereocenters. The van der Waals surface area contributed by atoms with Crippen molar-refractivity contribution in [1.82, 2.24) is 53.2 Å². The molecule has 0 saturated heterocycles. The quantitative estimate of drug-likeness (QED) is 0.0299. The van der Waals surface area contributed by atoms with Gasteiger partial charge in [0.25, 0.3) is 0 Å². The zero-order valence-corrected chi connectivity index (χ0v) is 74.6. The first kappa shape index (κ1) is 92.0. The number of carbonyl (C=O) groups excluding carboxylic acids is 8. The summed E-state index contributed by atoms with van der Waals surface area (Å²) in [4.78, 5) is 102. The molecule has 0 fully saturated rings. The highest BCUT2D eigenvalue weighted by Gasteiger charge is 2.37. The second kappa shape index (κ2) is 42.7. The third-order valence-electron chi connectivity index (χ3n) is 22.5. The van der Waals surface area contributed by atoms with Crippen molar-refractivity contribution in [1.29, 1.82) is 0 Å². The van der Waals surface area contributed by atoms with Crippen LogP contribution in [0.15, 0.2) is 296 Å². The minimum Gasteiger partial charge on any atom is -0.497 e. The molecule has 0 spiro atoms. The Bertz CT molecular complexity index is 6450. The smallest absolute Gasteiger partial charge is 0.319 e. The summed E-state index contributed by atoms with van der Waals surface area (Å²) in [6, 6.07) is 59.4. The number of rotatable bonds is 21. The number of para-hydroxylation sites is 1. The average molecular weight is 1840 g/mol. The van der Waals surface area contributed by atoms with E-state index in [2.05, 4.69) is 66.3 Å². The summed E-state index contributed by atoms with van der Waals surface area (Å²) in [5, 5.41) is 28.6. The molecule has 696 valence electrons.